The molecular formula is C29H34N2O3. The third kappa shape index (κ3) is 6.70. The molecule has 0 spiro atoms. The first-order valence-corrected chi connectivity index (χ1v) is 11.7. The van der Waals surface area contributed by atoms with Crippen LogP contribution in [-0.4, -0.2) is 35.9 Å². The van der Waals surface area contributed by atoms with Crippen LogP contribution in [-0.2, 0) is 16.1 Å². The van der Waals surface area contributed by atoms with Crippen LogP contribution in [0.25, 0.3) is 0 Å². The summed E-state index contributed by atoms with van der Waals surface area (Å²) >= 11 is 0. The fourth-order valence-corrected chi connectivity index (χ4v) is 4.05. The van der Waals surface area contributed by atoms with E-state index in [1.165, 1.54) is 0 Å². The van der Waals surface area contributed by atoms with E-state index in [0.717, 1.165) is 22.4 Å². The summed E-state index contributed by atoms with van der Waals surface area (Å²) in [5, 5.41) is 2.95. The monoisotopic (exact) mass is 458 g/mol. The van der Waals surface area contributed by atoms with Crippen molar-refractivity contribution in [3.63, 3.8) is 0 Å². The van der Waals surface area contributed by atoms with Gasteiger partial charge in [-0.3, -0.25) is 9.59 Å². The number of amides is 2. The molecule has 3 aromatic carbocycles. The highest BCUT2D eigenvalue weighted by Crippen LogP contribution is 2.29. The van der Waals surface area contributed by atoms with Gasteiger partial charge in [0, 0.05) is 24.9 Å². The molecule has 3 rings (SSSR count). The molecule has 3 aromatic rings. The molecule has 5 heteroatoms. The van der Waals surface area contributed by atoms with Gasteiger partial charge in [0.2, 0.25) is 11.8 Å². The molecule has 1 atom stereocenters. The Morgan fingerprint density at radius 1 is 0.853 bits per heavy atom. The Morgan fingerprint density at radius 3 is 1.97 bits per heavy atom. The third-order valence-corrected chi connectivity index (χ3v) is 5.87. The maximum Gasteiger partial charge on any atom is 0.242 e. The molecule has 0 aliphatic rings. The van der Waals surface area contributed by atoms with Crippen LogP contribution in [0, 0.1) is 0 Å². The molecule has 0 saturated heterocycles. The number of rotatable bonds is 10. The van der Waals surface area contributed by atoms with E-state index in [1.54, 1.807) is 18.9 Å². The maximum atomic E-state index is 13.8. The zero-order chi connectivity index (χ0) is 24.5. The minimum atomic E-state index is -0.617. The first-order valence-electron chi connectivity index (χ1n) is 11.7. The summed E-state index contributed by atoms with van der Waals surface area (Å²) in [7, 11) is 1.62. The SMILES string of the molecule is COc1cccc(CN(C(=O)CC(c2ccccc2)c2ccccc2)C(C)C(=O)NC(C)C)c1. The van der Waals surface area contributed by atoms with E-state index in [-0.39, 0.29) is 30.2 Å². The van der Waals surface area contributed by atoms with E-state index >= 15 is 0 Å². The van der Waals surface area contributed by atoms with Gasteiger partial charge in [-0.2, -0.15) is 0 Å². The Balaban J connectivity index is 1.92. The molecule has 1 N–H and O–H groups in total. The van der Waals surface area contributed by atoms with Crippen molar-refractivity contribution in [2.45, 2.75) is 51.7 Å². The average molecular weight is 459 g/mol. The lowest BCUT2D eigenvalue weighted by Gasteiger charge is -2.31. The summed E-state index contributed by atoms with van der Waals surface area (Å²) in [5.41, 5.74) is 3.05. The smallest absolute Gasteiger partial charge is 0.242 e. The molecule has 0 bridgehead atoms. The highest BCUT2D eigenvalue weighted by Gasteiger charge is 2.29. The molecule has 34 heavy (non-hydrogen) atoms. The largest absolute Gasteiger partial charge is 0.497 e. The molecule has 178 valence electrons. The second-order valence-electron chi connectivity index (χ2n) is 8.79. The lowest BCUT2D eigenvalue weighted by Crippen LogP contribution is -2.49. The molecular weight excluding hydrogens is 424 g/mol. The van der Waals surface area contributed by atoms with Crippen molar-refractivity contribution in [2.75, 3.05) is 7.11 Å². The molecule has 0 aliphatic carbocycles. The van der Waals surface area contributed by atoms with Crippen LogP contribution in [0.5, 0.6) is 5.75 Å². The van der Waals surface area contributed by atoms with E-state index in [4.69, 9.17) is 4.74 Å². The van der Waals surface area contributed by atoms with E-state index in [2.05, 4.69) is 5.32 Å². The van der Waals surface area contributed by atoms with Gasteiger partial charge >= 0.3 is 0 Å². The zero-order valence-corrected chi connectivity index (χ0v) is 20.4. The first-order chi connectivity index (χ1) is 16.4. The van der Waals surface area contributed by atoms with Crippen LogP contribution in [0.15, 0.2) is 84.9 Å². The molecule has 0 aliphatic heterocycles. The Bertz CT molecular complexity index is 1030. The third-order valence-electron chi connectivity index (χ3n) is 5.87. The van der Waals surface area contributed by atoms with Crippen LogP contribution < -0.4 is 10.1 Å². The van der Waals surface area contributed by atoms with E-state index in [9.17, 15) is 9.59 Å². The van der Waals surface area contributed by atoms with Gasteiger partial charge in [-0.05, 0) is 49.6 Å². The minimum Gasteiger partial charge on any atom is -0.497 e. The van der Waals surface area contributed by atoms with Crippen molar-refractivity contribution in [2.24, 2.45) is 0 Å². The summed E-state index contributed by atoms with van der Waals surface area (Å²) in [6, 6.07) is 27.1. The Kier molecular flexibility index (Phi) is 8.86. The molecule has 0 heterocycles. The quantitative estimate of drug-likeness (QED) is 0.457. The lowest BCUT2D eigenvalue weighted by atomic mass is 9.88. The highest BCUT2D eigenvalue weighted by atomic mass is 16.5. The molecule has 0 aromatic heterocycles. The van der Waals surface area contributed by atoms with Gasteiger partial charge in [0.05, 0.1) is 7.11 Å². The minimum absolute atomic E-state index is 0.00916. The number of carbonyl (C=O) groups is 2. The van der Waals surface area contributed by atoms with Crippen LogP contribution >= 0.6 is 0 Å². The predicted octanol–water partition coefficient (Wildman–Crippen LogP) is 5.16. The standard InChI is InChI=1S/C29H34N2O3/c1-21(2)30-29(33)22(3)31(20-23-12-11-17-26(18-23)34-4)28(32)19-27(24-13-7-5-8-14-24)25-15-9-6-10-16-25/h5-18,21-22,27H,19-20H2,1-4H3,(H,30,33). The number of ether oxygens (including phenoxy) is 1. The number of hydrogen-bond donors (Lipinski definition) is 1. The number of methoxy groups -OCH3 is 1. The fourth-order valence-electron chi connectivity index (χ4n) is 4.05. The van der Waals surface area contributed by atoms with Gasteiger partial charge in [0.25, 0.3) is 0 Å². The lowest BCUT2D eigenvalue weighted by molar-refractivity contribution is -0.141. The number of carbonyl (C=O) groups excluding carboxylic acids is 2. The molecule has 0 radical (unpaired) electrons. The van der Waals surface area contributed by atoms with Gasteiger partial charge < -0.3 is 15.0 Å². The van der Waals surface area contributed by atoms with Crippen LogP contribution in [0.2, 0.25) is 0 Å². The van der Waals surface area contributed by atoms with Gasteiger partial charge in [-0.25, -0.2) is 0 Å². The molecule has 1 unspecified atom stereocenters. The van der Waals surface area contributed by atoms with E-state index in [1.807, 2.05) is 98.8 Å². The van der Waals surface area contributed by atoms with Gasteiger partial charge in [-0.1, -0.05) is 72.8 Å². The summed E-state index contributed by atoms with van der Waals surface area (Å²) < 4.78 is 5.35. The fraction of sp³-hybridized carbons (Fsp3) is 0.310. The summed E-state index contributed by atoms with van der Waals surface area (Å²) in [5.74, 6) is 0.368. The number of nitrogens with zero attached hydrogens (tertiary/aromatic N) is 1. The first kappa shape index (κ1) is 25.0. The second kappa shape index (κ2) is 12.0. The summed E-state index contributed by atoms with van der Waals surface area (Å²) in [4.78, 5) is 28.4. The molecule has 0 fully saturated rings. The van der Waals surface area contributed by atoms with Gasteiger partial charge in [0.1, 0.15) is 11.8 Å². The van der Waals surface area contributed by atoms with Crippen LogP contribution in [0.3, 0.4) is 0 Å². The summed E-state index contributed by atoms with van der Waals surface area (Å²) in [6.45, 7) is 5.94. The van der Waals surface area contributed by atoms with E-state index < -0.39 is 6.04 Å². The summed E-state index contributed by atoms with van der Waals surface area (Å²) in [6.07, 6.45) is 0.261. The second-order valence-corrected chi connectivity index (χ2v) is 8.79. The normalized spacial score (nSPS) is 11.8. The maximum absolute atomic E-state index is 13.8. The molecule has 5 nitrogen and oxygen atoms in total. The van der Waals surface area contributed by atoms with Crippen molar-refractivity contribution >= 4 is 11.8 Å². The predicted molar refractivity (Wildman–Crippen MR) is 136 cm³/mol. The van der Waals surface area contributed by atoms with Gasteiger partial charge in [-0.15, -0.1) is 0 Å². The van der Waals surface area contributed by atoms with Crippen molar-refractivity contribution < 1.29 is 14.3 Å². The van der Waals surface area contributed by atoms with Crippen molar-refractivity contribution in [3.8, 4) is 5.75 Å². The van der Waals surface area contributed by atoms with Crippen LogP contribution in [0.1, 0.15) is 49.8 Å². The van der Waals surface area contributed by atoms with E-state index in [0.29, 0.717) is 6.54 Å². The topological polar surface area (TPSA) is 58.6 Å². The Morgan fingerprint density at radius 2 is 1.44 bits per heavy atom. The van der Waals surface area contributed by atoms with Crippen LogP contribution in [0.4, 0.5) is 0 Å². The van der Waals surface area contributed by atoms with Crippen molar-refractivity contribution in [3.05, 3.63) is 102 Å². The van der Waals surface area contributed by atoms with Crippen molar-refractivity contribution in [1.82, 2.24) is 10.2 Å². The highest BCUT2D eigenvalue weighted by molar-refractivity contribution is 5.88. The molecule has 0 saturated carbocycles. The Labute approximate surface area is 202 Å². The number of benzene rings is 3. The van der Waals surface area contributed by atoms with Gasteiger partial charge in [0.15, 0.2) is 0 Å². The molecule has 2 amide bonds. The number of nitrogens with one attached hydrogen (secondary N) is 1. The zero-order valence-electron chi connectivity index (χ0n) is 20.4. The van der Waals surface area contributed by atoms with Crippen molar-refractivity contribution in [1.29, 1.82) is 0 Å². The average Bonchev–Trinajstić information content (AvgIpc) is 2.86. The number of hydrogen-bond acceptors (Lipinski definition) is 3. The Hall–Kier alpha value is -3.60.